The minimum absolute atomic E-state index is 0. The molecule has 1 aromatic carbocycles. The average Bonchev–Trinajstić information content (AvgIpc) is 2.56. The highest BCUT2D eigenvalue weighted by Crippen LogP contribution is 2.23. The average molecular weight is 342 g/mol. The molecule has 0 aromatic heterocycles. The minimum atomic E-state index is -0.116. The number of esters is 1. The minimum Gasteiger partial charge on any atom is -0.465 e. The van der Waals surface area contributed by atoms with Gasteiger partial charge >= 0.3 is 5.97 Å². The van der Waals surface area contributed by atoms with Gasteiger partial charge in [-0.05, 0) is 31.5 Å². The molecule has 1 rings (SSSR count). The molecular weight excluding hydrogens is 310 g/mol. The first kappa shape index (κ1) is 21.9. The molecule has 0 aliphatic rings. The van der Waals surface area contributed by atoms with Crippen molar-refractivity contribution in [3.63, 3.8) is 0 Å². The first-order chi connectivity index (χ1) is 10.7. The Balaban J connectivity index is 0.00000484. The third kappa shape index (κ3) is 8.38. The van der Waals surface area contributed by atoms with E-state index in [1.807, 2.05) is 30.3 Å². The Bertz CT molecular complexity index is 407. The summed E-state index contributed by atoms with van der Waals surface area (Å²) < 4.78 is 5.53. The van der Waals surface area contributed by atoms with Crippen molar-refractivity contribution in [2.24, 2.45) is 0 Å². The maximum absolute atomic E-state index is 12.4. The highest BCUT2D eigenvalue weighted by atomic mass is 35.5. The number of carbonyl (C=O) groups excluding carboxylic acids is 1. The topological polar surface area (TPSA) is 29.5 Å². The zero-order chi connectivity index (χ0) is 16.2. The summed E-state index contributed by atoms with van der Waals surface area (Å²) in [5.74, 6) is -0.186. The van der Waals surface area contributed by atoms with Gasteiger partial charge in [-0.15, -0.1) is 12.4 Å². The summed E-state index contributed by atoms with van der Waals surface area (Å²) in [6, 6.07) is 10.0. The molecule has 0 saturated heterocycles. The van der Waals surface area contributed by atoms with Crippen LogP contribution in [-0.4, -0.2) is 37.1 Å². The number of nitrogens with zero attached hydrogens (tertiary/aromatic N) is 1. The molecule has 23 heavy (non-hydrogen) atoms. The highest BCUT2D eigenvalue weighted by Gasteiger charge is 2.21. The van der Waals surface area contributed by atoms with Gasteiger partial charge in [0, 0.05) is 6.54 Å². The lowest BCUT2D eigenvalue weighted by molar-refractivity contribution is -0.145. The molecule has 0 heterocycles. The fraction of sp³-hybridized carbons (Fsp3) is 0.632. The second kappa shape index (κ2) is 13.4. The van der Waals surface area contributed by atoms with Crippen LogP contribution in [0.3, 0.4) is 0 Å². The fourth-order valence-electron chi connectivity index (χ4n) is 2.62. The van der Waals surface area contributed by atoms with Crippen LogP contribution in [0.1, 0.15) is 57.9 Å². The maximum Gasteiger partial charge on any atom is 0.313 e. The SMILES string of the molecule is CCCCC(C(=O)OCCCN(CC)CC)c1ccccc1.Cl. The smallest absolute Gasteiger partial charge is 0.313 e. The Kier molecular flexibility index (Phi) is 12.8. The number of hydrogen-bond acceptors (Lipinski definition) is 3. The van der Waals surface area contributed by atoms with Gasteiger partial charge < -0.3 is 9.64 Å². The molecule has 132 valence electrons. The molecule has 0 spiro atoms. The molecule has 0 saturated carbocycles. The third-order valence-corrected chi connectivity index (χ3v) is 4.09. The van der Waals surface area contributed by atoms with Crippen molar-refractivity contribution in [3.05, 3.63) is 35.9 Å². The Morgan fingerprint density at radius 2 is 1.74 bits per heavy atom. The summed E-state index contributed by atoms with van der Waals surface area (Å²) in [6.07, 6.45) is 3.92. The molecular formula is C19H32ClNO2. The summed E-state index contributed by atoms with van der Waals surface area (Å²) in [5, 5.41) is 0. The quantitative estimate of drug-likeness (QED) is 0.433. The van der Waals surface area contributed by atoms with Crippen molar-refractivity contribution >= 4 is 18.4 Å². The number of carbonyl (C=O) groups is 1. The van der Waals surface area contributed by atoms with Gasteiger partial charge in [0.05, 0.1) is 12.5 Å². The maximum atomic E-state index is 12.4. The molecule has 0 bridgehead atoms. The van der Waals surface area contributed by atoms with E-state index in [9.17, 15) is 4.79 Å². The molecule has 1 unspecified atom stereocenters. The Morgan fingerprint density at radius 1 is 1.09 bits per heavy atom. The van der Waals surface area contributed by atoms with Crippen LogP contribution in [-0.2, 0) is 9.53 Å². The second-order valence-electron chi connectivity index (χ2n) is 5.65. The third-order valence-electron chi connectivity index (χ3n) is 4.09. The van der Waals surface area contributed by atoms with Crippen LogP contribution in [0.15, 0.2) is 30.3 Å². The van der Waals surface area contributed by atoms with E-state index in [-0.39, 0.29) is 24.3 Å². The Labute approximate surface area is 147 Å². The van der Waals surface area contributed by atoms with Crippen molar-refractivity contribution in [1.82, 2.24) is 4.90 Å². The van der Waals surface area contributed by atoms with E-state index in [0.29, 0.717) is 6.61 Å². The van der Waals surface area contributed by atoms with E-state index in [2.05, 4.69) is 25.7 Å². The lowest BCUT2D eigenvalue weighted by atomic mass is 9.94. The predicted octanol–water partition coefficient (Wildman–Crippen LogP) is 4.66. The molecule has 0 aliphatic carbocycles. The number of halogens is 1. The predicted molar refractivity (Wildman–Crippen MR) is 99.3 cm³/mol. The number of hydrogen-bond donors (Lipinski definition) is 0. The number of unbranched alkanes of at least 4 members (excludes halogenated alkanes) is 1. The van der Waals surface area contributed by atoms with Crippen molar-refractivity contribution < 1.29 is 9.53 Å². The summed E-state index contributed by atoms with van der Waals surface area (Å²) in [5.41, 5.74) is 1.07. The van der Waals surface area contributed by atoms with Crippen LogP contribution in [0.5, 0.6) is 0 Å². The van der Waals surface area contributed by atoms with Crippen LogP contribution >= 0.6 is 12.4 Å². The Hall–Kier alpha value is -1.06. The molecule has 0 fully saturated rings. The van der Waals surface area contributed by atoms with Gasteiger partial charge in [-0.1, -0.05) is 63.9 Å². The zero-order valence-corrected chi connectivity index (χ0v) is 15.6. The van der Waals surface area contributed by atoms with Crippen LogP contribution in [0.25, 0.3) is 0 Å². The van der Waals surface area contributed by atoms with E-state index in [4.69, 9.17) is 4.74 Å². The lowest BCUT2D eigenvalue weighted by Crippen LogP contribution is -2.25. The van der Waals surface area contributed by atoms with Crippen LogP contribution in [0.4, 0.5) is 0 Å². The molecule has 3 nitrogen and oxygen atoms in total. The lowest BCUT2D eigenvalue weighted by Gasteiger charge is -2.19. The van der Waals surface area contributed by atoms with Gasteiger partial charge in [-0.2, -0.15) is 0 Å². The van der Waals surface area contributed by atoms with E-state index < -0.39 is 0 Å². The van der Waals surface area contributed by atoms with Gasteiger partial charge in [0.2, 0.25) is 0 Å². The fourth-order valence-corrected chi connectivity index (χ4v) is 2.62. The number of rotatable bonds is 11. The van der Waals surface area contributed by atoms with Crippen molar-refractivity contribution in [1.29, 1.82) is 0 Å². The van der Waals surface area contributed by atoms with Gasteiger partial charge in [0.1, 0.15) is 0 Å². The first-order valence-electron chi connectivity index (χ1n) is 8.66. The monoisotopic (exact) mass is 341 g/mol. The number of ether oxygens (including phenoxy) is 1. The summed E-state index contributed by atoms with van der Waals surface area (Å²) in [6.45, 7) is 10.1. The standard InChI is InChI=1S/C19H31NO2.ClH/c1-4-7-14-18(17-12-9-8-10-13-17)19(21)22-16-11-15-20(5-2)6-3;/h8-10,12-13,18H,4-7,11,14-16H2,1-3H3;1H. The van der Waals surface area contributed by atoms with Gasteiger partial charge in [0.15, 0.2) is 0 Å². The van der Waals surface area contributed by atoms with Crippen LogP contribution in [0, 0.1) is 0 Å². The van der Waals surface area contributed by atoms with E-state index in [0.717, 1.165) is 50.9 Å². The molecule has 1 atom stereocenters. The molecule has 4 heteroatoms. The molecule has 0 radical (unpaired) electrons. The van der Waals surface area contributed by atoms with Gasteiger partial charge in [-0.3, -0.25) is 4.79 Å². The molecule has 0 amide bonds. The molecule has 1 aromatic rings. The summed E-state index contributed by atoms with van der Waals surface area (Å²) in [7, 11) is 0. The van der Waals surface area contributed by atoms with Crippen molar-refractivity contribution in [2.45, 2.75) is 52.4 Å². The zero-order valence-electron chi connectivity index (χ0n) is 14.8. The van der Waals surface area contributed by atoms with Crippen molar-refractivity contribution in [2.75, 3.05) is 26.2 Å². The summed E-state index contributed by atoms with van der Waals surface area (Å²) in [4.78, 5) is 14.7. The van der Waals surface area contributed by atoms with Gasteiger partial charge in [-0.25, -0.2) is 0 Å². The van der Waals surface area contributed by atoms with Crippen LogP contribution < -0.4 is 0 Å². The van der Waals surface area contributed by atoms with E-state index >= 15 is 0 Å². The van der Waals surface area contributed by atoms with E-state index in [1.165, 1.54) is 0 Å². The second-order valence-corrected chi connectivity index (χ2v) is 5.65. The first-order valence-corrected chi connectivity index (χ1v) is 8.66. The normalized spacial score (nSPS) is 11.8. The molecule has 0 aliphatic heterocycles. The highest BCUT2D eigenvalue weighted by molar-refractivity contribution is 5.85. The Morgan fingerprint density at radius 3 is 2.30 bits per heavy atom. The summed E-state index contributed by atoms with van der Waals surface area (Å²) >= 11 is 0. The largest absolute Gasteiger partial charge is 0.465 e. The van der Waals surface area contributed by atoms with Crippen LogP contribution in [0.2, 0.25) is 0 Å². The van der Waals surface area contributed by atoms with E-state index in [1.54, 1.807) is 0 Å². The van der Waals surface area contributed by atoms with Gasteiger partial charge in [0.25, 0.3) is 0 Å². The van der Waals surface area contributed by atoms with Crippen molar-refractivity contribution in [3.8, 4) is 0 Å². The number of benzene rings is 1. The molecule has 0 N–H and O–H groups in total.